The lowest BCUT2D eigenvalue weighted by atomic mass is 10.1. The maximum atomic E-state index is 12.6. The second kappa shape index (κ2) is 6.62. The van der Waals surface area contributed by atoms with Gasteiger partial charge in [-0.05, 0) is 44.2 Å². The number of nitrogens with one attached hydrogen (secondary N) is 1. The van der Waals surface area contributed by atoms with Crippen LogP contribution >= 0.6 is 11.3 Å². The lowest BCUT2D eigenvalue weighted by Gasteiger charge is -2.30. The minimum absolute atomic E-state index is 0.000689. The van der Waals surface area contributed by atoms with Crippen molar-refractivity contribution in [2.75, 3.05) is 11.9 Å². The van der Waals surface area contributed by atoms with E-state index in [1.807, 2.05) is 6.92 Å². The van der Waals surface area contributed by atoms with Crippen molar-refractivity contribution in [1.82, 2.24) is 10.1 Å². The van der Waals surface area contributed by atoms with Gasteiger partial charge < -0.3 is 9.84 Å². The summed E-state index contributed by atoms with van der Waals surface area (Å²) in [6.07, 6.45) is 3.04. The number of likely N-dealkylation sites (tertiary alicyclic amines) is 1. The molecule has 2 aromatic heterocycles. The predicted octanol–water partition coefficient (Wildman–Crippen LogP) is 3.60. The van der Waals surface area contributed by atoms with E-state index in [9.17, 15) is 4.79 Å². The Morgan fingerprint density at radius 2 is 2.50 bits per heavy atom. The fourth-order valence-corrected chi connectivity index (χ4v) is 4.04. The molecule has 1 N–H and O–H groups in total. The van der Waals surface area contributed by atoms with Crippen LogP contribution in [0.5, 0.6) is 0 Å². The molecule has 0 radical (unpaired) electrons. The standard InChI is InChI=1S/C16H21N3O2S/c1-3-12(16(20)17-15-10-11(2)21-18-15)19-8-4-6-13(19)14-7-5-9-22-14/h5,7,9-10,12-13H,3-4,6,8H2,1-2H3,(H,17,18,20)/t12-,13+/m1/s1. The average Bonchev–Trinajstić information content (AvgIpc) is 3.20. The zero-order valence-corrected chi connectivity index (χ0v) is 13.7. The summed E-state index contributed by atoms with van der Waals surface area (Å²) in [7, 11) is 0. The second-order valence-electron chi connectivity index (χ2n) is 5.65. The van der Waals surface area contributed by atoms with Crippen molar-refractivity contribution in [2.24, 2.45) is 0 Å². The van der Waals surface area contributed by atoms with Gasteiger partial charge in [0.1, 0.15) is 5.76 Å². The van der Waals surface area contributed by atoms with Crippen molar-refractivity contribution < 1.29 is 9.32 Å². The van der Waals surface area contributed by atoms with E-state index in [4.69, 9.17) is 4.52 Å². The van der Waals surface area contributed by atoms with Crippen molar-refractivity contribution >= 4 is 23.1 Å². The third kappa shape index (κ3) is 3.08. The molecule has 5 nitrogen and oxygen atoms in total. The highest BCUT2D eigenvalue weighted by Gasteiger charge is 2.35. The van der Waals surface area contributed by atoms with Gasteiger partial charge in [0.2, 0.25) is 5.91 Å². The summed E-state index contributed by atoms with van der Waals surface area (Å²) in [6, 6.07) is 6.21. The van der Waals surface area contributed by atoms with Gasteiger partial charge in [0.25, 0.3) is 0 Å². The Bertz CT molecular complexity index is 623. The predicted molar refractivity (Wildman–Crippen MR) is 86.9 cm³/mol. The van der Waals surface area contributed by atoms with E-state index in [2.05, 4.69) is 39.8 Å². The SMILES string of the molecule is CC[C@H](C(=O)Nc1cc(C)on1)N1CCC[C@H]1c1cccs1. The van der Waals surface area contributed by atoms with Crippen LogP contribution < -0.4 is 5.32 Å². The van der Waals surface area contributed by atoms with Crippen molar-refractivity contribution in [1.29, 1.82) is 0 Å². The Balaban J connectivity index is 1.73. The van der Waals surface area contributed by atoms with Crippen LogP contribution in [0.15, 0.2) is 28.1 Å². The highest BCUT2D eigenvalue weighted by molar-refractivity contribution is 7.10. The van der Waals surface area contributed by atoms with E-state index in [0.29, 0.717) is 17.6 Å². The molecule has 1 saturated heterocycles. The molecule has 1 fully saturated rings. The van der Waals surface area contributed by atoms with Gasteiger partial charge in [-0.25, -0.2) is 0 Å². The molecule has 3 rings (SSSR count). The van der Waals surface area contributed by atoms with Crippen LogP contribution in [-0.2, 0) is 4.79 Å². The van der Waals surface area contributed by atoms with Crippen molar-refractivity contribution in [3.8, 4) is 0 Å². The highest BCUT2D eigenvalue weighted by Crippen LogP contribution is 2.36. The van der Waals surface area contributed by atoms with Gasteiger partial charge in [-0.2, -0.15) is 0 Å². The maximum Gasteiger partial charge on any atom is 0.242 e. The van der Waals surface area contributed by atoms with Crippen molar-refractivity contribution in [2.45, 2.75) is 45.2 Å². The molecule has 2 aromatic rings. The molecule has 1 aliphatic rings. The Morgan fingerprint density at radius 3 is 3.14 bits per heavy atom. The molecule has 6 heteroatoms. The van der Waals surface area contributed by atoms with Crippen LogP contribution in [0.4, 0.5) is 5.82 Å². The summed E-state index contributed by atoms with van der Waals surface area (Å²) >= 11 is 1.77. The molecule has 0 spiro atoms. The molecule has 0 aromatic carbocycles. The Kier molecular flexibility index (Phi) is 4.59. The molecule has 118 valence electrons. The number of thiophene rings is 1. The number of nitrogens with zero attached hydrogens (tertiary/aromatic N) is 2. The molecule has 1 amide bonds. The number of amides is 1. The number of aryl methyl sites for hydroxylation is 1. The van der Waals surface area contributed by atoms with Crippen LogP contribution in [0, 0.1) is 6.92 Å². The van der Waals surface area contributed by atoms with Crippen molar-refractivity contribution in [3.63, 3.8) is 0 Å². The van der Waals surface area contributed by atoms with E-state index in [1.165, 1.54) is 4.88 Å². The number of rotatable bonds is 5. The molecule has 0 saturated carbocycles. The van der Waals surface area contributed by atoms with Gasteiger partial charge in [0, 0.05) is 17.0 Å². The van der Waals surface area contributed by atoms with Gasteiger partial charge in [-0.1, -0.05) is 18.1 Å². The van der Waals surface area contributed by atoms with E-state index in [-0.39, 0.29) is 11.9 Å². The number of carbonyl (C=O) groups excluding carboxylic acids is 1. The number of aromatic nitrogens is 1. The van der Waals surface area contributed by atoms with Gasteiger partial charge in [0.15, 0.2) is 5.82 Å². The number of carbonyl (C=O) groups is 1. The molecule has 1 aliphatic heterocycles. The quantitative estimate of drug-likeness (QED) is 0.915. The fraction of sp³-hybridized carbons (Fsp3) is 0.500. The number of hydrogen-bond donors (Lipinski definition) is 1. The zero-order valence-electron chi connectivity index (χ0n) is 12.9. The third-order valence-corrected chi connectivity index (χ3v) is 5.11. The monoisotopic (exact) mass is 319 g/mol. The van der Waals surface area contributed by atoms with Crippen molar-refractivity contribution in [3.05, 3.63) is 34.2 Å². The summed E-state index contributed by atoms with van der Waals surface area (Å²) in [6.45, 7) is 4.84. The zero-order chi connectivity index (χ0) is 15.5. The Morgan fingerprint density at radius 1 is 1.64 bits per heavy atom. The smallest absolute Gasteiger partial charge is 0.242 e. The van der Waals surface area contributed by atoms with Crippen LogP contribution in [0.2, 0.25) is 0 Å². The first-order valence-electron chi connectivity index (χ1n) is 7.72. The number of anilines is 1. The molecule has 0 bridgehead atoms. The van der Waals surface area contributed by atoms with E-state index < -0.39 is 0 Å². The normalized spacial score (nSPS) is 20.2. The molecular weight excluding hydrogens is 298 g/mol. The molecule has 0 unspecified atom stereocenters. The average molecular weight is 319 g/mol. The van der Waals surface area contributed by atoms with Gasteiger partial charge in [-0.3, -0.25) is 9.69 Å². The fourth-order valence-electron chi connectivity index (χ4n) is 3.15. The summed E-state index contributed by atoms with van der Waals surface area (Å²) in [5.41, 5.74) is 0. The van der Waals surface area contributed by atoms with Crippen LogP contribution in [0.1, 0.15) is 42.9 Å². The Hall–Kier alpha value is -1.66. The van der Waals surface area contributed by atoms with E-state index in [0.717, 1.165) is 25.8 Å². The summed E-state index contributed by atoms with van der Waals surface area (Å²) in [5.74, 6) is 1.19. The topological polar surface area (TPSA) is 58.4 Å². The third-order valence-electron chi connectivity index (χ3n) is 4.13. The lowest BCUT2D eigenvalue weighted by molar-refractivity contribution is -0.121. The minimum atomic E-state index is -0.133. The summed E-state index contributed by atoms with van der Waals surface area (Å²) < 4.78 is 5.01. The molecule has 2 atom stereocenters. The highest BCUT2D eigenvalue weighted by atomic mass is 32.1. The first kappa shape index (κ1) is 15.2. The Labute approximate surface area is 134 Å². The minimum Gasteiger partial charge on any atom is -0.360 e. The van der Waals surface area contributed by atoms with Gasteiger partial charge in [-0.15, -0.1) is 11.3 Å². The molecular formula is C16H21N3O2S. The first-order chi connectivity index (χ1) is 10.7. The largest absolute Gasteiger partial charge is 0.360 e. The lowest BCUT2D eigenvalue weighted by Crippen LogP contribution is -2.43. The van der Waals surface area contributed by atoms with Crippen LogP contribution in [0.3, 0.4) is 0 Å². The van der Waals surface area contributed by atoms with E-state index in [1.54, 1.807) is 17.4 Å². The molecule has 22 heavy (non-hydrogen) atoms. The van der Waals surface area contributed by atoms with Gasteiger partial charge >= 0.3 is 0 Å². The summed E-state index contributed by atoms with van der Waals surface area (Å²) in [5, 5.41) is 8.82. The number of hydrogen-bond acceptors (Lipinski definition) is 5. The van der Waals surface area contributed by atoms with Crippen LogP contribution in [0.25, 0.3) is 0 Å². The summed E-state index contributed by atoms with van der Waals surface area (Å²) in [4.78, 5) is 16.3. The molecule has 0 aliphatic carbocycles. The van der Waals surface area contributed by atoms with Crippen LogP contribution in [-0.4, -0.2) is 28.6 Å². The first-order valence-corrected chi connectivity index (χ1v) is 8.60. The molecule has 3 heterocycles. The van der Waals surface area contributed by atoms with E-state index >= 15 is 0 Å². The second-order valence-corrected chi connectivity index (χ2v) is 6.63. The maximum absolute atomic E-state index is 12.6. The van der Waals surface area contributed by atoms with Gasteiger partial charge in [0.05, 0.1) is 6.04 Å².